The van der Waals surface area contributed by atoms with Crippen molar-refractivity contribution in [2.45, 2.75) is 6.92 Å². The summed E-state index contributed by atoms with van der Waals surface area (Å²) in [7, 11) is 1.50. The number of nitrogens with one attached hydrogen (secondary N) is 2. The molecule has 0 atom stereocenters. The molecule has 6 heteroatoms. The third-order valence-corrected chi connectivity index (χ3v) is 3.90. The maximum atomic E-state index is 12.2. The van der Waals surface area contributed by atoms with Gasteiger partial charge in [0.15, 0.2) is 0 Å². The van der Waals surface area contributed by atoms with E-state index < -0.39 is 11.8 Å². The van der Waals surface area contributed by atoms with Gasteiger partial charge in [-0.05, 0) is 61.0 Å². The molecule has 0 bridgehead atoms. The second-order valence-corrected chi connectivity index (χ2v) is 6.05. The highest BCUT2D eigenvalue weighted by Gasteiger charge is 2.16. The molecule has 3 aromatic carbocycles. The molecule has 3 rings (SSSR count). The number of amides is 2. The summed E-state index contributed by atoms with van der Waals surface area (Å²) in [6.45, 7) is 1.88. The molecule has 0 aliphatic heterocycles. The minimum Gasteiger partial charge on any atom is -0.495 e. The molecule has 0 aliphatic carbocycles. The van der Waals surface area contributed by atoms with Gasteiger partial charge in [-0.25, -0.2) is 0 Å². The predicted octanol–water partition coefficient (Wildman–Crippen LogP) is 4.37. The maximum absolute atomic E-state index is 12.2. The van der Waals surface area contributed by atoms with Crippen LogP contribution >= 0.6 is 0 Å². The summed E-state index contributed by atoms with van der Waals surface area (Å²) in [5.74, 6) is 0.256. The van der Waals surface area contributed by atoms with Crippen LogP contribution in [0.25, 0.3) is 0 Å². The zero-order valence-electron chi connectivity index (χ0n) is 15.6. The summed E-state index contributed by atoms with van der Waals surface area (Å²) in [5, 5.41) is 5.12. The van der Waals surface area contributed by atoms with Gasteiger partial charge < -0.3 is 20.1 Å². The topological polar surface area (TPSA) is 76.7 Å². The van der Waals surface area contributed by atoms with Crippen molar-refractivity contribution in [2.75, 3.05) is 17.7 Å². The molecule has 0 fully saturated rings. The number of anilines is 2. The first-order valence-corrected chi connectivity index (χ1v) is 8.65. The number of ether oxygens (including phenoxy) is 2. The number of para-hydroxylation sites is 1. The molecule has 142 valence electrons. The highest BCUT2D eigenvalue weighted by atomic mass is 16.5. The molecule has 3 aromatic rings. The second kappa shape index (κ2) is 8.73. The second-order valence-electron chi connectivity index (χ2n) is 6.05. The van der Waals surface area contributed by atoms with Gasteiger partial charge in [0.1, 0.15) is 17.2 Å². The van der Waals surface area contributed by atoms with Crippen LogP contribution in [0.2, 0.25) is 0 Å². The molecular formula is C22H20N2O4. The van der Waals surface area contributed by atoms with Gasteiger partial charge in [0, 0.05) is 5.69 Å². The Hall–Kier alpha value is -3.80. The number of hydrogen-bond donors (Lipinski definition) is 2. The number of aryl methyl sites for hydroxylation is 1. The third kappa shape index (κ3) is 4.88. The van der Waals surface area contributed by atoms with Gasteiger partial charge in [-0.3, -0.25) is 9.59 Å². The lowest BCUT2D eigenvalue weighted by atomic mass is 10.2. The lowest BCUT2D eigenvalue weighted by molar-refractivity contribution is -0.133. The molecule has 0 spiro atoms. The zero-order chi connectivity index (χ0) is 19.9. The minimum absolute atomic E-state index is 0.439. The maximum Gasteiger partial charge on any atom is 0.314 e. The fourth-order valence-electron chi connectivity index (χ4n) is 2.52. The zero-order valence-corrected chi connectivity index (χ0v) is 15.6. The number of carbonyl (C=O) groups excluding carboxylic acids is 2. The van der Waals surface area contributed by atoms with E-state index in [0.717, 1.165) is 5.56 Å². The summed E-state index contributed by atoms with van der Waals surface area (Å²) in [5.41, 5.74) is 1.86. The average molecular weight is 376 g/mol. The van der Waals surface area contributed by atoms with Gasteiger partial charge in [0.05, 0.1) is 12.8 Å². The number of methoxy groups -OCH3 is 1. The predicted molar refractivity (Wildman–Crippen MR) is 108 cm³/mol. The van der Waals surface area contributed by atoms with Gasteiger partial charge in [0.25, 0.3) is 0 Å². The third-order valence-electron chi connectivity index (χ3n) is 3.90. The first-order chi connectivity index (χ1) is 13.5. The molecule has 0 heterocycles. The number of hydrogen-bond acceptors (Lipinski definition) is 4. The van der Waals surface area contributed by atoms with Crippen LogP contribution in [0.4, 0.5) is 11.4 Å². The smallest absolute Gasteiger partial charge is 0.314 e. The lowest BCUT2D eigenvalue weighted by Crippen LogP contribution is -2.29. The summed E-state index contributed by atoms with van der Waals surface area (Å²) in [4.78, 5) is 24.4. The van der Waals surface area contributed by atoms with Crippen LogP contribution in [0.1, 0.15) is 5.56 Å². The number of carbonyl (C=O) groups is 2. The van der Waals surface area contributed by atoms with Crippen molar-refractivity contribution in [3.8, 4) is 17.2 Å². The Kier molecular flexibility index (Phi) is 5.91. The van der Waals surface area contributed by atoms with Crippen molar-refractivity contribution in [3.05, 3.63) is 78.4 Å². The van der Waals surface area contributed by atoms with Gasteiger partial charge in [0.2, 0.25) is 0 Å². The largest absolute Gasteiger partial charge is 0.495 e. The summed E-state index contributed by atoms with van der Waals surface area (Å²) in [6, 6.07) is 21.4. The monoisotopic (exact) mass is 376 g/mol. The van der Waals surface area contributed by atoms with E-state index in [9.17, 15) is 9.59 Å². The standard InChI is InChI=1S/C22H20N2O4/c1-15-8-13-20(27-2)19(14-15)24-22(26)21(25)23-16-9-11-18(12-10-16)28-17-6-4-3-5-7-17/h3-14H,1-2H3,(H,23,25)(H,24,26). The molecule has 0 aliphatic rings. The Balaban J connectivity index is 1.61. The first kappa shape index (κ1) is 19.0. The van der Waals surface area contributed by atoms with Gasteiger partial charge in [-0.2, -0.15) is 0 Å². The van der Waals surface area contributed by atoms with E-state index in [4.69, 9.17) is 9.47 Å². The highest BCUT2D eigenvalue weighted by molar-refractivity contribution is 6.43. The molecule has 2 amide bonds. The Morgan fingerprint density at radius 2 is 1.43 bits per heavy atom. The molecule has 0 radical (unpaired) electrons. The van der Waals surface area contributed by atoms with Crippen LogP contribution < -0.4 is 20.1 Å². The van der Waals surface area contributed by atoms with Crippen LogP contribution in [0, 0.1) is 6.92 Å². The fraction of sp³-hybridized carbons (Fsp3) is 0.0909. The molecule has 0 saturated carbocycles. The Morgan fingerprint density at radius 3 is 2.11 bits per heavy atom. The molecule has 0 saturated heterocycles. The van der Waals surface area contributed by atoms with Crippen LogP contribution in [0.3, 0.4) is 0 Å². The Morgan fingerprint density at radius 1 is 0.786 bits per heavy atom. The van der Waals surface area contributed by atoms with E-state index in [1.807, 2.05) is 43.3 Å². The van der Waals surface area contributed by atoms with Gasteiger partial charge in [-0.1, -0.05) is 24.3 Å². The van der Waals surface area contributed by atoms with Crippen molar-refractivity contribution in [1.29, 1.82) is 0 Å². The average Bonchev–Trinajstić information content (AvgIpc) is 2.70. The van der Waals surface area contributed by atoms with Crippen molar-refractivity contribution < 1.29 is 19.1 Å². The molecule has 0 aromatic heterocycles. The van der Waals surface area contributed by atoms with Gasteiger partial charge in [-0.15, -0.1) is 0 Å². The van der Waals surface area contributed by atoms with Crippen LogP contribution in [-0.2, 0) is 9.59 Å². The Labute approximate surface area is 163 Å². The Bertz CT molecular complexity index is 970. The quantitative estimate of drug-likeness (QED) is 0.648. The van der Waals surface area contributed by atoms with Crippen LogP contribution in [0.5, 0.6) is 17.2 Å². The molecule has 0 unspecified atom stereocenters. The fourth-order valence-corrected chi connectivity index (χ4v) is 2.52. The number of rotatable bonds is 5. The van der Waals surface area contributed by atoms with E-state index in [2.05, 4.69) is 10.6 Å². The normalized spacial score (nSPS) is 10.1. The van der Waals surface area contributed by atoms with Crippen molar-refractivity contribution >= 4 is 23.2 Å². The lowest BCUT2D eigenvalue weighted by Gasteiger charge is -2.11. The summed E-state index contributed by atoms with van der Waals surface area (Å²) < 4.78 is 10.9. The van der Waals surface area contributed by atoms with E-state index in [0.29, 0.717) is 28.6 Å². The van der Waals surface area contributed by atoms with E-state index in [1.54, 1.807) is 36.4 Å². The van der Waals surface area contributed by atoms with E-state index in [1.165, 1.54) is 7.11 Å². The van der Waals surface area contributed by atoms with Gasteiger partial charge >= 0.3 is 11.8 Å². The summed E-state index contributed by atoms with van der Waals surface area (Å²) in [6.07, 6.45) is 0. The van der Waals surface area contributed by atoms with E-state index >= 15 is 0 Å². The van der Waals surface area contributed by atoms with Crippen LogP contribution in [-0.4, -0.2) is 18.9 Å². The minimum atomic E-state index is -0.784. The first-order valence-electron chi connectivity index (χ1n) is 8.65. The SMILES string of the molecule is COc1ccc(C)cc1NC(=O)C(=O)Nc1ccc(Oc2ccccc2)cc1. The molecule has 2 N–H and O–H groups in total. The molecule has 6 nitrogen and oxygen atoms in total. The summed E-state index contributed by atoms with van der Waals surface area (Å²) >= 11 is 0. The van der Waals surface area contributed by atoms with Crippen LogP contribution in [0.15, 0.2) is 72.8 Å². The van der Waals surface area contributed by atoms with E-state index in [-0.39, 0.29) is 0 Å². The molecular weight excluding hydrogens is 356 g/mol. The highest BCUT2D eigenvalue weighted by Crippen LogP contribution is 2.25. The number of benzene rings is 3. The molecule has 28 heavy (non-hydrogen) atoms. The van der Waals surface area contributed by atoms with Crippen molar-refractivity contribution in [1.82, 2.24) is 0 Å². The van der Waals surface area contributed by atoms with Crippen molar-refractivity contribution in [2.24, 2.45) is 0 Å². The van der Waals surface area contributed by atoms with Crippen molar-refractivity contribution in [3.63, 3.8) is 0 Å².